The molecule has 1 aromatic carbocycles. The highest BCUT2D eigenvalue weighted by atomic mass is 32.2. The lowest BCUT2D eigenvalue weighted by Crippen LogP contribution is -2.49. The van der Waals surface area contributed by atoms with Crippen LogP contribution < -0.4 is 10.4 Å². The van der Waals surface area contributed by atoms with Crippen molar-refractivity contribution < 1.29 is 17.6 Å². The summed E-state index contributed by atoms with van der Waals surface area (Å²) in [7, 11) is -3.05. The second-order valence-corrected chi connectivity index (χ2v) is 7.41. The summed E-state index contributed by atoms with van der Waals surface area (Å²) < 4.78 is 28.5. The fraction of sp³-hybridized carbons (Fsp3) is 0.267. The van der Waals surface area contributed by atoms with Crippen molar-refractivity contribution in [1.82, 2.24) is 5.43 Å². The van der Waals surface area contributed by atoms with E-state index in [0.29, 0.717) is 6.42 Å². The average molecular weight is 320 g/mol. The highest BCUT2D eigenvalue weighted by Crippen LogP contribution is 2.22. The first kappa shape index (κ1) is 14.6. The van der Waals surface area contributed by atoms with E-state index in [2.05, 4.69) is 5.43 Å². The van der Waals surface area contributed by atoms with Crippen LogP contribution in [0.25, 0.3) is 0 Å². The Bertz CT molecular complexity index is 741. The second-order valence-electron chi connectivity index (χ2n) is 5.18. The van der Waals surface area contributed by atoms with Gasteiger partial charge in [0.2, 0.25) is 0 Å². The van der Waals surface area contributed by atoms with Crippen molar-refractivity contribution in [3.8, 4) is 0 Å². The van der Waals surface area contributed by atoms with Crippen LogP contribution in [-0.4, -0.2) is 31.9 Å². The fourth-order valence-corrected chi connectivity index (χ4v) is 4.21. The standard InChI is InChI=1S/C15H16N2O4S/c18-15(14-7-4-9-21-14)16-17(12-5-2-1-3-6-12)13-8-10-22(19,20)11-13/h1-7,9,13H,8,10-11H2,(H,16,18)/t13-/m0/s1. The number of carbonyl (C=O) groups excluding carboxylic acids is 1. The van der Waals surface area contributed by atoms with Crippen molar-refractivity contribution in [2.45, 2.75) is 12.5 Å². The van der Waals surface area contributed by atoms with E-state index in [9.17, 15) is 13.2 Å². The van der Waals surface area contributed by atoms with Crippen LogP contribution in [-0.2, 0) is 9.84 Å². The Morgan fingerprint density at radius 1 is 1.18 bits per heavy atom. The Balaban J connectivity index is 1.85. The number of anilines is 1. The van der Waals surface area contributed by atoms with E-state index in [1.807, 2.05) is 30.3 Å². The van der Waals surface area contributed by atoms with Gasteiger partial charge < -0.3 is 4.42 Å². The molecule has 1 atom stereocenters. The van der Waals surface area contributed by atoms with Crippen molar-refractivity contribution in [3.05, 3.63) is 54.5 Å². The van der Waals surface area contributed by atoms with Gasteiger partial charge in [-0.1, -0.05) is 18.2 Å². The fourth-order valence-electron chi connectivity index (χ4n) is 2.51. The molecular weight excluding hydrogens is 304 g/mol. The molecule has 1 fully saturated rings. The molecule has 0 radical (unpaired) electrons. The Hall–Kier alpha value is -2.28. The molecule has 116 valence electrons. The maximum Gasteiger partial charge on any atom is 0.305 e. The average Bonchev–Trinajstić information content (AvgIpc) is 3.15. The third-order valence-electron chi connectivity index (χ3n) is 3.57. The van der Waals surface area contributed by atoms with Crippen LogP contribution in [0.4, 0.5) is 5.69 Å². The molecule has 2 aromatic rings. The summed E-state index contributed by atoms with van der Waals surface area (Å²) in [5.74, 6) is -0.0576. The van der Waals surface area contributed by atoms with Crippen LogP contribution in [0.1, 0.15) is 17.0 Å². The van der Waals surface area contributed by atoms with Gasteiger partial charge in [-0.05, 0) is 30.7 Å². The van der Waals surface area contributed by atoms with Crippen molar-refractivity contribution in [3.63, 3.8) is 0 Å². The van der Waals surface area contributed by atoms with E-state index in [-0.39, 0.29) is 23.3 Å². The molecule has 6 nitrogen and oxygen atoms in total. The molecule has 1 N–H and O–H groups in total. The molecule has 2 heterocycles. The number of hydrazine groups is 1. The Morgan fingerprint density at radius 3 is 2.55 bits per heavy atom. The molecule has 22 heavy (non-hydrogen) atoms. The van der Waals surface area contributed by atoms with Gasteiger partial charge in [-0.15, -0.1) is 0 Å². The highest BCUT2D eigenvalue weighted by molar-refractivity contribution is 7.91. The van der Waals surface area contributed by atoms with Crippen molar-refractivity contribution in [1.29, 1.82) is 0 Å². The number of hydrogen-bond donors (Lipinski definition) is 1. The van der Waals surface area contributed by atoms with Crippen LogP contribution in [0.15, 0.2) is 53.1 Å². The first-order valence-corrected chi connectivity index (χ1v) is 8.76. The van der Waals surface area contributed by atoms with Crippen LogP contribution in [0.5, 0.6) is 0 Å². The molecule has 1 aliphatic rings. The number of hydrogen-bond acceptors (Lipinski definition) is 5. The van der Waals surface area contributed by atoms with Gasteiger partial charge in [0, 0.05) is 0 Å². The van der Waals surface area contributed by atoms with E-state index in [1.165, 1.54) is 6.26 Å². The normalized spacial score (nSPS) is 19.7. The van der Waals surface area contributed by atoms with Gasteiger partial charge in [-0.25, -0.2) is 8.42 Å². The van der Waals surface area contributed by atoms with Crippen molar-refractivity contribution in [2.24, 2.45) is 0 Å². The van der Waals surface area contributed by atoms with E-state index in [4.69, 9.17) is 4.42 Å². The van der Waals surface area contributed by atoms with Crippen LogP contribution >= 0.6 is 0 Å². The molecule has 0 bridgehead atoms. The molecule has 3 rings (SSSR count). The summed E-state index contributed by atoms with van der Waals surface area (Å²) >= 11 is 0. The van der Waals surface area contributed by atoms with Gasteiger partial charge in [0.25, 0.3) is 0 Å². The second kappa shape index (κ2) is 5.84. The molecule has 0 unspecified atom stereocenters. The van der Waals surface area contributed by atoms with Gasteiger partial charge in [0.1, 0.15) is 0 Å². The van der Waals surface area contributed by atoms with E-state index in [1.54, 1.807) is 17.1 Å². The summed E-state index contributed by atoms with van der Waals surface area (Å²) in [6, 6.07) is 12.1. The third-order valence-corrected chi connectivity index (χ3v) is 5.33. The minimum atomic E-state index is -3.05. The lowest BCUT2D eigenvalue weighted by atomic mass is 10.2. The zero-order valence-electron chi connectivity index (χ0n) is 11.8. The number of sulfone groups is 1. The number of benzene rings is 1. The topological polar surface area (TPSA) is 79.6 Å². The maximum absolute atomic E-state index is 12.2. The van der Waals surface area contributed by atoms with Gasteiger partial charge in [0.15, 0.2) is 15.6 Å². The van der Waals surface area contributed by atoms with Crippen LogP contribution in [0.3, 0.4) is 0 Å². The third kappa shape index (κ3) is 3.14. The molecule has 0 saturated carbocycles. The zero-order chi connectivity index (χ0) is 15.6. The number of amides is 1. The molecule has 1 aromatic heterocycles. The van der Waals surface area contributed by atoms with E-state index >= 15 is 0 Å². The van der Waals surface area contributed by atoms with Crippen molar-refractivity contribution in [2.75, 3.05) is 16.5 Å². The number of nitrogens with one attached hydrogen (secondary N) is 1. The number of nitrogens with zero attached hydrogens (tertiary/aromatic N) is 1. The number of carbonyl (C=O) groups is 1. The first-order valence-electron chi connectivity index (χ1n) is 6.94. The zero-order valence-corrected chi connectivity index (χ0v) is 12.6. The SMILES string of the molecule is O=C(NN(c1ccccc1)[C@H]1CCS(=O)(=O)C1)c1ccco1. The lowest BCUT2D eigenvalue weighted by Gasteiger charge is -2.30. The van der Waals surface area contributed by atoms with Crippen LogP contribution in [0.2, 0.25) is 0 Å². The lowest BCUT2D eigenvalue weighted by molar-refractivity contribution is 0.0917. The maximum atomic E-state index is 12.2. The van der Waals surface area contributed by atoms with Gasteiger partial charge in [-0.3, -0.25) is 15.2 Å². The molecule has 1 amide bonds. The smallest absolute Gasteiger partial charge is 0.305 e. The number of furan rings is 1. The largest absolute Gasteiger partial charge is 0.459 e. The predicted octanol–water partition coefficient (Wildman–Crippen LogP) is 1.62. The molecule has 7 heteroatoms. The summed E-state index contributed by atoms with van der Waals surface area (Å²) in [5.41, 5.74) is 3.49. The van der Waals surface area contributed by atoms with Gasteiger partial charge in [-0.2, -0.15) is 0 Å². The Morgan fingerprint density at radius 2 is 1.95 bits per heavy atom. The van der Waals surface area contributed by atoms with Crippen LogP contribution in [0, 0.1) is 0 Å². The van der Waals surface area contributed by atoms with Crippen molar-refractivity contribution >= 4 is 21.4 Å². The van der Waals surface area contributed by atoms with Gasteiger partial charge >= 0.3 is 5.91 Å². The molecule has 1 aliphatic heterocycles. The van der Waals surface area contributed by atoms with Gasteiger partial charge in [0.05, 0.1) is 29.5 Å². The first-order chi connectivity index (χ1) is 10.6. The molecule has 1 saturated heterocycles. The molecule has 0 aliphatic carbocycles. The number of rotatable bonds is 4. The predicted molar refractivity (Wildman–Crippen MR) is 82.2 cm³/mol. The summed E-state index contributed by atoms with van der Waals surface area (Å²) in [4.78, 5) is 12.2. The minimum absolute atomic E-state index is 0.0281. The molecular formula is C15H16N2O4S. The Labute approximate surface area is 128 Å². The van der Waals surface area contributed by atoms with E-state index in [0.717, 1.165) is 5.69 Å². The summed E-state index contributed by atoms with van der Waals surface area (Å²) in [5, 5.41) is 1.62. The Kier molecular flexibility index (Phi) is 3.89. The molecule has 0 spiro atoms. The number of para-hydroxylation sites is 1. The quantitative estimate of drug-likeness (QED) is 0.866. The minimum Gasteiger partial charge on any atom is -0.459 e. The summed E-state index contributed by atoms with van der Waals surface area (Å²) in [6.07, 6.45) is 1.90. The van der Waals surface area contributed by atoms with E-state index < -0.39 is 15.7 Å². The summed E-state index contributed by atoms with van der Waals surface area (Å²) in [6.45, 7) is 0. The monoisotopic (exact) mass is 320 g/mol. The highest BCUT2D eigenvalue weighted by Gasteiger charge is 2.33.